The van der Waals surface area contributed by atoms with Crippen LogP contribution in [0.5, 0.6) is 0 Å². The average molecular weight is 412 g/mol. The van der Waals surface area contributed by atoms with Gasteiger partial charge in [-0.2, -0.15) is 13.2 Å². The van der Waals surface area contributed by atoms with E-state index in [-0.39, 0.29) is 29.0 Å². The van der Waals surface area contributed by atoms with Gasteiger partial charge in [0.25, 0.3) is 0 Å². The van der Waals surface area contributed by atoms with Gasteiger partial charge in [0, 0.05) is 18.7 Å². The fourth-order valence-electron chi connectivity index (χ4n) is 2.93. The van der Waals surface area contributed by atoms with Gasteiger partial charge < -0.3 is 10.2 Å². The van der Waals surface area contributed by atoms with Gasteiger partial charge >= 0.3 is 6.18 Å². The summed E-state index contributed by atoms with van der Waals surface area (Å²) in [6.07, 6.45) is -3.14. The molecule has 1 saturated heterocycles. The molecule has 1 aliphatic rings. The van der Waals surface area contributed by atoms with Gasteiger partial charge in [0.2, 0.25) is 5.91 Å². The molecule has 1 aromatic heterocycles. The van der Waals surface area contributed by atoms with E-state index in [1.807, 2.05) is 0 Å². The first-order chi connectivity index (χ1) is 13.3. The largest absolute Gasteiger partial charge is 0.433 e. The molecule has 6 nitrogen and oxygen atoms in total. The van der Waals surface area contributed by atoms with Crippen LogP contribution in [0.4, 0.5) is 19.0 Å². The van der Waals surface area contributed by atoms with Crippen LogP contribution in [0.1, 0.15) is 18.4 Å². The predicted octanol–water partition coefficient (Wildman–Crippen LogP) is 3.76. The van der Waals surface area contributed by atoms with Crippen molar-refractivity contribution < 1.29 is 18.0 Å². The summed E-state index contributed by atoms with van der Waals surface area (Å²) in [5, 5.41) is 17.5. The lowest BCUT2D eigenvalue weighted by Gasteiger charge is -2.18. The smallest absolute Gasteiger partial charge is 0.359 e. The van der Waals surface area contributed by atoms with Gasteiger partial charge in [0.1, 0.15) is 11.4 Å². The zero-order valence-corrected chi connectivity index (χ0v) is 15.4. The van der Waals surface area contributed by atoms with Gasteiger partial charge in [-0.15, -0.1) is 10.2 Å². The number of amides is 1. The predicted molar refractivity (Wildman–Crippen MR) is 99.7 cm³/mol. The van der Waals surface area contributed by atoms with Crippen LogP contribution in [0.3, 0.4) is 0 Å². The number of hydrogen-bond donors (Lipinski definition) is 2. The van der Waals surface area contributed by atoms with Crippen LogP contribution < -0.4 is 5.32 Å². The molecule has 0 atom stereocenters. The Morgan fingerprint density at radius 3 is 2.43 bits per heavy atom. The third kappa shape index (κ3) is 4.24. The molecule has 2 N–H and O–H groups in total. The summed E-state index contributed by atoms with van der Waals surface area (Å²) in [7, 11) is 0. The Bertz CT molecular complexity index is 883. The zero-order valence-electron chi connectivity index (χ0n) is 14.7. The van der Waals surface area contributed by atoms with Crippen molar-refractivity contribution in [2.45, 2.75) is 19.0 Å². The number of nitrogens with one attached hydrogen (secondary N) is 2. The van der Waals surface area contributed by atoms with Crippen molar-refractivity contribution in [3.63, 3.8) is 0 Å². The second kappa shape index (κ2) is 8.14. The molecule has 0 aliphatic carbocycles. The molecule has 148 valence electrons. The van der Waals surface area contributed by atoms with Crippen molar-refractivity contribution in [1.29, 1.82) is 5.41 Å². The van der Waals surface area contributed by atoms with E-state index in [2.05, 4.69) is 15.5 Å². The topological polar surface area (TPSA) is 82.0 Å². The number of carbonyl (C=O) groups excluding carboxylic acids is 1. The van der Waals surface area contributed by atoms with Crippen LogP contribution >= 0.6 is 11.6 Å². The van der Waals surface area contributed by atoms with Crippen molar-refractivity contribution in [1.82, 2.24) is 15.1 Å². The molecule has 1 amide bonds. The first-order valence-electron chi connectivity index (χ1n) is 8.58. The highest BCUT2D eigenvalue weighted by molar-refractivity contribution is 6.37. The van der Waals surface area contributed by atoms with Gasteiger partial charge in [-0.1, -0.05) is 41.9 Å². The molecular weight excluding hydrogens is 395 g/mol. The van der Waals surface area contributed by atoms with E-state index in [9.17, 15) is 18.0 Å². The number of alkyl halides is 3. The number of anilines is 1. The Labute approximate surface area is 164 Å². The third-order valence-corrected chi connectivity index (χ3v) is 4.73. The minimum absolute atomic E-state index is 0.0303. The number of aromatic nitrogens is 2. The van der Waals surface area contributed by atoms with E-state index >= 15 is 0 Å². The summed E-state index contributed by atoms with van der Waals surface area (Å²) in [5.41, 5.74) is -1.78. The second-order valence-corrected chi connectivity index (χ2v) is 6.64. The molecule has 28 heavy (non-hydrogen) atoms. The van der Waals surface area contributed by atoms with E-state index in [4.69, 9.17) is 17.0 Å². The number of likely N-dealkylation sites (tertiary alicyclic amines) is 1. The maximum atomic E-state index is 13.2. The van der Waals surface area contributed by atoms with Gasteiger partial charge in [-0.25, -0.2) is 0 Å². The summed E-state index contributed by atoms with van der Waals surface area (Å²) in [5.74, 6) is -0.605. The highest BCUT2D eigenvalue weighted by atomic mass is 35.5. The second-order valence-electron chi connectivity index (χ2n) is 6.27. The Kier molecular flexibility index (Phi) is 5.83. The first-order valence-corrected chi connectivity index (χ1v) is 8.96. The molecule has 0 unspecified atom stereocenters. The van der Waals surface area contributed by atoms with Crippen LogP contribution in [-0.4, -0.2) is 52.5 Å². The van der Waals surface area contributed by atoms with Gasteiger partial charge in [0.15, 0.2) is 5.82 Å². The Hall–Kier alpha value is -2.68. The summed E-state index contributed by atoms with van der Waals surface area (Å²) in [6, 6.07) is 8.36. The SMILES string of the molecule is N=C(c1c(NCC(=O)N2CCCC2)nnc(-c2ccccc2)c1Cl)C(F)(F)F. The van der Waals surface area contributed by atoms with Gasteiger partial charge in [0.05, 0.1) is 17.1 Å². The fraction of sp³-hybridized carbons (Fsp3) is 0.333. The Balaban J connectivity index is 1.95. The molecule has 3 rings (SSSR count). The van der Waals surface area contributed by atoms with Crippen molar-refractivity contribution in [3.8, 4) is 11.3 Å². The van der Waals surface area contributed by atoms with Crippen LogP contribution in [-0.2, 0) is 4.79 Å². The maximum Gasteiger partial charge on any atom is 0.433 e. The molecule has 2 heterocycles. The molecule has 1 aliphatic heterocycles. The Morgan fingerprint density at radius 2 is 1.82 bits per heavy atom. The fourth-order valence-corrected chi connectivity index (χ4v) is 3.26. The molecule has 0 spiro atoms. The molecule has 1 aromatic carbocycles. The summed E-state index contributed by atoms with van der Waals surface area (Å²) >= 11 is 6.21. The third-order valence-electron chi connectivity index (χ3n) is 4.36. The number of rotatable bonds is 5. The molecule has 0 saturated carbocycles. The molecule has 2 aromatic rings. The maximum absolute atomic E-state index is 13.2. The lowest BCUT2D eigenvalue weighted by atomic mass is 10.1. The molecule has 10 heteroatoms. The monoisotopic (exact) mass is 411 g/mol. The summed E-state index contributed by atoms with van der Waals surface area (Å²) in [4.78, 5) is 13.8. The van der Waals surface area contributed by atoms with E-state index in [0.717, 1.165) is 12.8 Å². The standard InChI is InChI=1S/C18H17ClF3N5O/c19-14-13(16(23)18(20,21)22)17(24-10-12(28)27-8-4-5-9-27)26-25-15(14)11-6-2-1-3-7-11/h1-3,6-7,23H,4-5,8-10H2,(H,24,26). The van der Waals surface area contributed by atoms with Crippen molar-refractivity contribution in [2.24, 2.45) is 0 Å². The number of benzene rings is 1. The molecule has 1 fully saturated rings. The van der Waals surface area contributed by atoms with Crippen LogP contribution in [0.15, 0.2) is 30.3 Å². The molecule has 0 radical (unpaired) electrons. The lowest BCUT2D eigenvalue weighted by molar-refractivity contribution is -0.128. The van der Waals surface area contributed by atoms with Gasteiger partial charge in [-0.05, 0) is 12.8 Å². The quantitative estimate of drug-likeness (QED) is 0.734. The van der Waals surface area contributed by atoms with E-state index in [1.165, 1.54) is 0 Å². The minimum atomic E-state index is -4.93. The summed E-state index contributed by atoms with van der Waals surface area (Å²) in [6.45, 7) is 0.976. The zero-order chi connectivity index (χ0) is 20.3. The number of nitrogens with zero attached hydrogens (tertiary/aromatic N) is 3. The van der Waals surface area contributed by atoms with Crippen molar-refractivity contribution in [3.05, 3.63) is 40.9 Å². The normalized spacial score (nSPS) is 14.2. The van der Waals surface area contributed by atoms with E-state index in [0.29, 0.717) is 18.7 Å². The minimum Gasteiger partial charge on any atom is -0.359 e. The summed E-state index contributed by atoms with van der Waals surface area (Å²) < 4.78 is 39.7. The average Bonchev–Trinajstić information content (AvgIpc) is 3.20. The van der Waals surface area contributed by atoms with Crippen LogP contribution in [0.25, 0.3) is 11.3 Å². The van der Waals surface area contributed by atoms with Crippen molar-refractivity contribution in [2.75, 3.05) is 25.0 Å². The molecule has 0 bridgehead atoms. The highest BCUT2D eigenvalue weighted by Crippen LogP contribution is 2.35. The first kappa shape index (κ1) is 20.1. The van der Waals surface area contributed by atoms with Crippen LogP contribution in [0.2, 0.25) is 5.02 Å². The van der Waals surface area contributed by atoms with Gasteiger partial charge in [-0.3, -0.25) is 10.2 Å². The van der Waals surface area contributed by atoms with E-state index in [1.54, 1.807) is 35.2 Å². The number of halogens is 4. The number of carbonyl (C=O) groups is 1. The van der Waals surface area contributed by atoms with Crippen molar-refractivity contribution >= 4 is 29.0 Å². The highest BCUT2D eigenvalue weighted by Gasteiger charge is 2.39. The Morgan fingerprint density at radius 1 is 1.18 bits per heavy atom. The number of hydrogen-bond acceptors (Lipinski definition) is 5. The molecular formula is C18H17ClF3N5O. The van der Waals surface area contributed by atoms with Crippen LogP contribution in [0, 0.1) is 5.41 Å². The van der Waals surface area contributed by atoms with E-state index < -0.39 is 17.5 Å². The lowest BCUT2D eigenvalue weighted by Crippen LogP contribution is -2.34.